The van der Waals surface area contributed by atoms with Crippen LogP contribution in [0.4, 0.5) is 0 Å². The normalized spacial score (nSPS) is 10.5. The average molecular weight is 195 g/mol. The van der Waals surface area contributed by atoms with Gasteiger partial charge in [0.15, 0.2) is 0 Å². The summed E-state index contributed by atoms with van der Waals surface area (Å²) in [4.78, 5) is 4.18. The molecule has 13 heavy (non-hydrogen) atoms. The molecule has 0 bridgehead atoms. The van der Waals surface area contributed by atoms with Crippen molar-refractivity contribution in [1.29, 1.82) is 0 Å². The summed E-state index contributed by atoms with van der Waals surface area (Å²) in [5.74, 6) is 0.743. The Hall–Kier alpha value is -1.13. The van der Waals surface area contributed by atoms with Gasteiger partial charge in [-0.05, 0) is 12.1 Å². The number of thiazole rings is 1. The van der Waals surface area contributed by atoms with Crippen molar-refractivity contribution >= 4 is 21.6 Å². The van der Waals surface area contributed by atoms with Crippen LogP contribution >= 0.6 is 11.3 Å². The van der Waals surface area contributed by atoms with E-state index in [2.05, 4.69) is 4.98 Å². The number of ether oxygens (including phenoxy) is 1. The van der Waals surface area contributed by atoms with Crippen molar-refractivity contribution in [3.05, 3.63) is 23.7 Å². The zero-order valence-electron chi connectivity index (χ0n) is 6.93. The number of fused-ring (bicyclic) bond motifs is 1. The standard InChI is InChI=1S/C9H9NO2S/c11-4-5-12-7-2-1-3-8-9(7)10-6-13-8/h1-3,6,11H,4-5H2. The highest BCUT2D eigenvalue weighted by Gasteiger charge is 2.02. The molecule has 0 aliphatic carbocycles. The molecule has 3 nitrogen and oxygen atoms in total. The van der Waals surface area contributed by atoms with Gasteiger partial charge in [-0.2, -0.15) is 0 Å². The first-order valence-electron chi connectivity index (χ1n) is 3.97. The van der Waals surface area contributed by atoms with Crippen molar-refractivity contribution < 1.29 is 9.84 Å². The summed E-state index contributed by atoms with van der Waals surface area (Å²) in [5.41, 5.74) is 2.66. The first kappa shape index (κ1) is 8.47. The molecule has 0 amide bonds. The van der Waals surface area contributed by atoms with Crippen LogP contribution in [-0.4, -0.2) is 23.3 Å². The van der Waals surface area contributed by atoms with Crippen LogP contribution in [0.3, 0.4) is 0 Å². The van der Waals surface area contributed by atoms with Gasteiger partial charge in [0, 0.05) is 0 Å². The highest BCUT2D eigenvalue weighted by molar-refractivity contribution is 7.16. The SMILES string of the molecule is OCCOc1cccc2scnc12. The van der Waals surface area contributed by atoms with E-state index < -0.39 is 0 Å². The molecule has 0 atom stereocenters. The second kappa shape index (κ2) is 3.72. The molecule has 0 saturated heterocycles. The van der Waals surface area contributed by atoms with Crippen LogP contribution in [0.1, 0.15) is 0 Å². The number of para-hydroxylation sites is 1. The van der Waals surface area contributed by atoms with E-state index in [9.17, 15) is 0 Å². The Morgan fingerprint density at radius 1 is 1.46 bits per heavy atom. The summed E-state index contributed by atoms with van der Waals surface area (Å²) in [5, 5.41) is 8.61. The quantitative estimate of drug-likeness (QED) is 0.810. The van der Waals surface area contributed by atoms with Gasteiger partial charge in [0.25, 0.3) is 0 Å². The molecule has 0 aliphatic heterocycles. The third-order valence-corrected chi connectivity index (χ3v) is 2.47. The first-order valence-corrected chi connectivity index (χ1v) is 4.85. The number of aromatic nitrogens is 1. The Labute approximate surface area is 79.6 Å². The summed E-state index contributed by atoms with van der Waals surface area (Å²) >= 11 is 1.58. The van der Waals surface area contributed by atoms with E-state index in [0.717, 1.165) is 16.0 Å². The van der Waals surface area contributed by atoms with Gasteiger partial charge in [0.05, 0.1) is 16.8 Å². The predicted octanol–water partition coefficient (Wildman–Crippen LogP) is 1.67. The molecular weight excluding hydrogens is 186 g/mol. The lowest BCUT2D eigenvalue weighted by Crippen LogP contribution is -2.01. The minimum atomic E-state index is 0.0283. The van der Waals surface area contributed by atoms with Crippen molar-refractivity contribution in [2.45, 2.75) is 0 Å². The minimum absolute atomic E-state index is 0.0283. The lowest BCUT2D eigenvalue weighted by atomic mass is 10.3. The smallest absolute Gasteiger partial charge is 0.146 e. The second-order valence-electron chi connectivity index (χ2n) is 2.53. The van der Waals surface area contributed by atoms with Crippen LogP contribution in [0, 0.1) is 0 Å². The zero-order valence-corrected chi connectivity index (χ0v) is 7.75. The van der Waals surface area contributed by atoms with Gasteiger partial charge in [0.2, 0.25) is 0 Å². The molecule has 1 aromatic carbocycles. The Bertz CT molecular complexity index is 399. The number of aliphatic hydroxyl groups excluding tert-OH is 1. The fourth-order valence-electron chi connectivity index (χ4n) is 1.13. The Morgan fingerprint density at radius 3 is 3.23 bits per heavy atom. The zero-order chi connectivity index (χ0) is 9.10. The molecule has 2 rings (SSSR count). The summed E-state index contributed by atoms with van der Waals surface area (Å²) in [6.45, 7) is 0.344. The van der Waals surface area contributed by atoms with Crippen molar-refractivity contribution in [2.75, 3.05) is 13.2 Å². The van der Waals surface area contributed by atoms with Gasteiger partial charge in [-0.25, -0.2) is 4.98 Å². The molecule has 0 spiro atoms. The number of rotatable bonds is 3. The Kier molecular flexibility index (Phi) is 2.42. The molecule has 0 unspecified atom stereocenters. The fourth-order valence-corrected chi connectivity index (χ4v) is 1.83. The van der Waals surface area contributed by atoms with Gasteiger partial charge in [0.1, 0.15) is 17.9 Å². The van der Waals surface area contributed by atoms with Gasteiger partial charge < -0.3 is 9.84 Å². The maximum atomic E-state index is 8.61. The topological polar surface area (TPSA) is 42.4 Å². The molecule has 4 heteroatoms. The van der Waals surface area contributed by atoms with E-state index >= 15 is 0 Å². The lowest BCUT2D eigenvalue weighted by Gasteiger charge is -2.03. The van der Waals surface area contributed by atoms with Crippen molar-refractivity contribution in [3.8, 4) is 5.75 Å². The molecule has 1 aromatic heterocycles. The number of nitrogens with zero attached hydrogens (tertiary/aromatic N) is 1. The van der Waals surface area contributed by atoms with Crippen molar-refractivity contribution in [3.63, 3.8) is 0 Å². The average Bonchev–Trinajstić information content (AvgIpc) is 2.62. The first-order chi connectivity index (χ1) is 6.42. The van der Waals surface area contributed by atoms with Crippen LogP contribution in [0.5, 0.6) is 5.75 Å². The lowest BCUT2D eigenvalue weighted by molar-refractivity contribution is 0.202. The molecular formula is C9H9NO2S. The highest BCUT2D eigenvalue weighted by atomic mass is 32.1. The minimum Gasteiger partial charge on any atom is -0.489 e. The van der Waals surface area contributed by atoms with E-state index in [1.165, 1.54) is 0 Å². The van der Waals surface area contributed by atoms with Crippen LogP contribution in [0.25, 0.3) is 10.2 Å². The van der Waals surface area contributed by atoms with E-state index in [4.69, 9.17) is 9.84 Å². The van der Waals surface area contributed by atoms with E-state index in [-0.39, 0.29) is 6.61 Å². The van der Waals surface area contributed by atoms with E-state index in [0.29, 0.717) is 6.61 Å². The summed E-state index contributed by atoms with van der Waals surface area (Å²) < 4.78 is 6.43. The number of benzene rings is 1. The van der Waals surface area contributed by atoms with Crippen LogP contribution in [0.2, 0.25) is 0 Å². The van der Waals surface area contributed by atoms with E-state index in [1.807, 2.05) is 18.2 Å². The second-order valence-corrected chi connectivity index (χ2v) is 3.41. The molecule has 0 saturated carbocycles. The molecule has 0 fully saturated rings. The number of hydrogen-bond acceptors (Lipinski definition) is 4. The maximum absolute atomic E-state index is 8.61. The third kappa shape index (κ3) is 1.64. The molecule has 0 aliphatic rings. The molecule has 1 N–H and O–H groups in total. The molecule has 2 aromatic rings. The Balaban J connectivity index is 2.37. The number of hydrogen-bond donors (Lipinski definition) is 1. The fraction of sp³-hybridized carbons (Fsp3) is 0.222. The van der Waals surface area contributed by atoms with Crippen molar-refractivity contribution in [1.82, 2.24) is 4.98 Å². The van der Waals surface area contributed by atoms with E-state index in [1.54, 1.807) is 16.8 Å². The van der Waals surface area contributed by atoms with Crippen LogP contribution in [-0.2, 0) is 0 Å². The molecule has 1 heterocycles. The van der Waals surface area contributed by atoms with Gasteiger partial charge in [-0.1, -0.05) is 6.07 Å². The highest BCUT2D eigenvalue weighted by Crippen LogP contribution is 2.26. The summed E-state index contributed by atoms with van der Waals surface area (Å²) in [7, 11) is 0. The van der Waals surface area contributed by atoms with Gasteiger partial charge >= 0.3 is 0 Å². The largest absolute Gasteiger partial charge is 0.489 e. The monoisotopic (exact) mass is 195 g/mol. The van der Waals surface area contributed by atoms with Crippen molar-refractivity contribution in [2.24, 2.45) is 0 Å². The van der Waals surface area contributed by atoms with Gasteiger partial charge in [-0.15, -0.1) is 11.3 Å². The van der Waals surface area contributed by atoms with Gasteiger partial charge in [-0.3, -0.25) is 0 Å². The van der Waals surface area contributed by atoms with Crippen LogP contribution in [0.15, 0.2) is 23.7 Å². The summed E-state index contributed by atoms with van der Waals surface area (Å²) in [6, 6.07) is 5.78. The predicted molar refractivity (Wildman–Crippen MR) is 52.2 cm³/mol. The Morgan fingerprint density at radius 2 is 2.38 bits per heavy atom. The number of aliphatic hydroxyl groups is 1. The maximum Gasteiger partial charge on any atom is 0.146 e. The van der Waals surface area contributed by atoms with Crippen LogP contribution < -0.4 is 4.74 Å². The molecule has 68 valence electrons. The third-order valence-electron chi connectivity index (χ3n) is 1.67. The summed E-state index contributed by atoms with van der Waals surface area (Å²) in [6.07, 6.45) is 0. The molecule has 0 radical (unpaired) electrons.